The topological polar surface area (TPSA) is 178 Å². The first kappa shape index (κ1) is 29.9. The molecule has 1 atom stereocenters. The minimum Gasteiger partial charge on any atom is -0.400 e. The van der Waals surface area contributed by atoms with Crippen LogP contribution in [0.25, 0.3) is 22.6 Å². The highest BCUT2D eigenvalue weighted by Gasteiger charge is 2.17. The third-order valence-corrected chi connectivity index (χ3v) is 6.31. The zero-order valence-corrected chi connectivity index (χ0v) is 23.9. The number of halogens is 1. The van der Waals surface area contributed by atoms with Gasteiger partial charge >= 0.3 is 0 Å². The van der Waals surface area contributed by atoms with Crippen molar-refractivity contribution in [3.63, 3.8) is 0 Å². The number of nitrogens with one attached hydrogen (secondary N) is 1. The van der Waals surface area contributed by atoms with Gasteiger partial charge in [-0.05, 0) is 70.5 Å². The first-order chi connectivity index (χ1) is 19.8. The first-order valence-corrected chi connectivity index (χ1v) is 13.1. The highest BCUT2D eigenvalue weighted by Crippen LogP contribution is 2.23. The van der Waals surface area contributed by atoms with Gasteiger partial charge in [0.15, 0.2) is 11.6 Å². The van der Waals surface area contributed by atoms with Gasteiger partial charge in [-0.15, -0.1) is 0 Å². The van der Waals surface area contributed by atoms with Crippen molar-refractivity contribution in [2.75, 3.05) is 0 Å². The van der Waals surface area contributed by atoms with E-state index in [-0.39, 0.29) is 29.2 Å². The van der Waals surface area contributed by atoms with Crippen molar-refractivity contribution >= 4 is 17.6 Å². The largest absolute Gasteiger partial charge is 0.400 e. The lowest BCUT2D eigenvalue weighted by molar-refractivity contribution is 0.0934. The quantitative estimate of drug-likeness (QED) is 0.139. The van der Waals surface area contributed by atoms with Crippen molar-refractivity contribution < 1.29 is 14.3 Å². The second-order valence-corrected chi connectivity index (χ2v) is 10.3. The summed E-state index contributed by atoms with van der Waals surface area (Å²) in [5, 5.41) is 12.9. The number of pyridine rings is 3. The van der Waals surface area contributed by atoms with E-state index in [1.54, 1.807) is 64.2 Å². The van der Waals surface area contributed by atoms with Gasteiger partial charge in [-0.2, -0.15) is 4.39 Å². The van der Waals surface area contributed by atoms with Crippen molar-refractivity contribution in [3.8, 4) is 22.6 Å². The van der Waals surface area contributed by atoms with Gasteiger partial charge in [-0.25, -0.2) is 19.9 Å². The van der Waals surface area contributed by atoms with Crippen molar-refractivity contribution in [2.24, 2.45) is 16.5 Å². The molecule has 0 bridgehead atoms. The third-order valence-electron chi connectivity index (χ3n) is 6.31. The molecule has 4 rings (SSSR count). The summed E-state index contributed by atoms with van der Waals surface area (Å²) in [5.74, 6) is -0.177. The van der Waals surface area contributed by atoms with Gasteiger partial charge in [0.2, 0.25) is 5.95 Å². The minimum atomic E-state index is -1.24. The second-order valence-electron chi connectivity index (χ2n) is 10.3. The minimum absolute atomic E-state index is 0.0744. The van der Waals surface area contributed by atoms with Gasteiger partial charge in [0.1, 0.15) is 11.5 Å². The van der Waals surface area contributed by atoms with Gasteiger partial charge < -0.3 is 21.9 Å². The summed E-state index contributed by atoms with van der Waals surface area (Å²) in [6.45, 7) is 8.43. The van der Waals surface area contributed by atoms with Gasteiger partial charge in [0, 0.05) is 52.7 Å². The Morgan fingerprint density at radius 3 is 2.43 bits per heavy atom. The number of nitrogens with two attached hydrogens (primary N) is 2. The normalized spacial score (nSPS) is 13.1. The molecular formula is C30H32FN9O2. The molecule has 0 saturated carbocycles. The lowest BCUT2D eigenvalue weighted by Gasteiger charge is -2.17. The first-order valence-electron chi connectivity index (χ1n) is 13.1. The maximum atomic E-state index is 13.3. The smallest absolute Gasteiger partial charge is 0.270 e. The average molecular weight is 570 g/mol. The highest BCUT2D eigenvalue weighted by atomic mass is 19.1. The monoisotopic (exact) mass is 569 g/mol. The standard InChI is InChI=1S/C30H32FN9O2/c1-16-12-27(39-26(33)13-24(32)30(4,5)42)40-28(36-16)20-7-10-23(35-15-20)29(41)38-17(2)19-6-9-22(34-14-19)21-8-11-25(31)37-18(21)3/h6-15,17,42H,32H2,1-5H3,(H,38,41)(H2,33,36,39,40)/b24-13-. The Balaban J connectivity index is 1.45. The number of hydrogen-bond donors (Lipinski definition) is 4. The van der Waals surface area contributed by atoms with Crippen LogP contribution >= 0.6 is 0 Å². The van der Waals surface area contributed by atoms with E-state index in [0.29, 0.717) is 34.3 Å². The molecule has 0 spiro atoms. The highest BCUT2D eigenvalue weighted by molar-refractivity contribution is 5.94. The summed E-state index contributed by atoms with van der Waals surface area (Å²) >= 11 is 0. The fourth-order valence-electron chi connectivity index (χ4n) is 3.88. The van der Waals surface area contributed by atoms with Crippen LogP contribution in [0.3, 0.4) is 0 Å². The zero-order valence-electron chi connectivity index (χ0n) is 23.9. The molecule has 0 aliphatic carbocycles. The van der Waals surface area contributed by atoms with E-state index in [0.717, 1.165) is 11.1 Å². The molecule has 4 heterocycles. The number of amidine groups is 1. The maximum absolute atomic E-state index is 13.3. The fraction of sp³-hybridized carbons (Fsp3) is 0.233. The number of carbonyl (C=O) groups excluding carboxylic acids is 1. The molecule has 216 valence electrons. The van der Waals surface area contributed by atoms with Gasteiger partial charge in [-0.3, -0.25) is 14.8 Å². The number of aryl methyl sites for hydroxylation is 2. The van der Waals surface area contributed by atoms with Crippen LogP contribution in [-0.2, 0) is 0 Å². The molecule has 0 aliphatic rings. The number of aromatic nitrogens is 5. The number of aliphatic hydroxyl groups is 1. The molecule has 0 aliphatic heterocycles. The number of nitrogens with zero attached hydrogens (tertiary/aromatic N) is 6. The Kier molecular flexibility index (Phi) is 8.67. The van der Waals surface area contributed by atoms with E-state index in [1.807, 2.05) is 13.0 Å². The maximum Gasteiger partial charge on any atom is 0.270 e. The fourth-order valence-corrected chi connectivity index (χ4v) is 3.88. The molecule has 4 aromatic rings. The lowest BCUT2D eigenvalue weighted by atomic mass is 10.1. The van der Waals surface area contributed by atoms with Crippen molar-refractivity contribution in [1.29, 1.82) is 0 Å². The Hall–Kier alpha value is -5.10. The molecule has 0 aromatic carbocycles. The molecule has 0 saturated heterocycles. The van der Waals surface area contributed by atoms with E-state index in [2.05, 4.69) is 35.2 Å². The Bertz CT molecular complexity index is 1660. The summed E-state index contributed by atoms with van der Waals surface area (Å²) in [5.41, 5.74) is 14.9. The zero-order chi connectivity index (χ0) is 30.6. The Morgan fingerprint density at radius 2 is 1.81 bits per heavy atom. The number of amides is 1. The molecule has 0 radical (unpaired) electrons. The predicted octanol–water partition coefficient (Wildman–Crippen LogP) is 3.84. The van der Waals surface area contributed by atoms with Gasteiger partial charge in [-0.1, -0.05) is 6.07 Å². The van der Waals surface area contributed by atoms with E-state index >= 15 is 0 Å². The van der Waals surface area contributed by atoms with Crippen LogP contribution in [0.15, 0.2) is 71.6 Å². The summed E-state index contributed by atoms with van der Waals surface area (Å²) < 4.78 is 13.3. The van der Waals surface area contributed by atoms with Crippen LogP contribution in [0, 0.1) is 19.8 Å². The van der Waals surface area contributed by atoms with Crippen LogP contribution in [-0.4, -0.2) is 47.4 Å². The number of rotatable bonds is 8. The van der Waals surface area contributed by atoms with Crippen LogP contribution in [0.2, 0.25) is 0 Å². The Morgan fingerprint density at radius 1 is 1.05 bits per heavy atom. The van der Waals surface area contributed by atoms with Crippen LogP contribution in [0.4, 0.5) is 10.2 Å². The van der Waals surface area contributed by atoms with Gasteiger partial charge in [0.25, 0.3) is 5.91 Å². The molecule has 0 fully saturated rings. The van der Waals surface area contributed by atoms with Crippen molar-refractivity contribution in [1.82, 2.24) is 30.2 Å². The van der Waals surface area contributed by atoms with E-state index in [9.17, 15) is 14.3 Å². The van der Waals surface area contributed by atoms with Crippen molar-refractivity contribution in [3.05, 3.63) is 95.2 Å². The van der Waals surface area contributed by atoms with Crippen molar-refractivity contribution in [2.45, 2.75) is 46.3 Å². The summed E-state index contributed by atoms with van der Waals surface area (Å²) in [6.07, 6.45) is 4.55. The van der Waals surface area contributed by atoms with Gasteiger partial charge in [0.05, 0.1) is 17.3 Å². The molecule has 6 N–H and O–H groups in total. The van der Waals surface area contributed by atoms with Crippen LogP contribution in [0.5, 0.6) is 0 Å². The predicted molar refractivity (Wildman–Crippen MR) is 158 cm³/mol. The van der Waals surface area contributed by atoms with E-state index in [1.165, 1.54) is 18.3 Å². The van der Waals surface area contributed by atoms with Crippen LogP contribution < -0.4 is 16.8 Å². The molecule has 1 amide bonds. The molecule has 42 heavy (non-hydrogen) atoms. The molecule has 11 nitrogen and oxygen atoms in total. The summed E-state index contributed by atoms with van der Waals surface area (Å²) in [4.78, 5) is 38.6. The second kappa shape index (κ2) is 12.2. The lowest BCUT2D eigenvalue weighted by Crippen LogP contribution is -2.29. The summed E-state index contributed by atoms with van der Waals surface area (Å²) in [6, 6.07) is 11.2. The van der Waals surface area contributed by atoms with E-state index in [4.69, 9.17) is 11.5 Å². The SMILES string of the molecule is Cc1cc(N=C(N)/C=C(\N)C(C)(C)O)nc(-c2ccc(C(=O)NC(C)c3ccc(-c4ccc(F)nc4C)nc3)nc2)n1. The summed E-state index contributed by atoms with van der Waals surface area (Å²) in [7, 11) is 0. The molecule has 12 heteroatoms. The van der Waals surface area contributed by atoms with Crippen LogP contribution in [0.1, 0.15) is 54.3 Å². The molecule has 4 aromatic heterocycles. The third kappa shape index (κ3) is 7.34. The molecular weight excluding hydrogens is 537 g/mol. The Labute approximate surface area is 242 Å². The number of hydrogen-bond acceptors (Lipinski definition) is 9. The number of carbonyl (C=O) groups is 1. The van der Waals surface area contributed by atoms with E-state index < -0.39 is 11.5 Å². The average Bonchev–Trinajstić information content (AvgIpc) is 2.92. The molecule has 1 unspecified atom stereocenters. The number of aliphatic imine (C=N–C) groups is 1.